The van der Waals surface area contributed by atoms with Gasteiger partial charge in [-0.3, -0.25) is 4.90 Å². The number of hydrogen-bond donors (Lipinski definition) is 1. The van der Waals surface area contributed by atoms with Crippen molar-refractivity contribution in [2.45, 2.75) is 51.2 Å². The van der Waals surface area contributed by atoms with Crippen molar-refractivity contribution in [3.63, 3.8) is 0 Å². The maximum absolute atomic E-state index is 6.02. The fraction of sp³-hybridized carbons (Fsp3) is 0.647. The minimum atomic E-state index is 0.727. The smallest absolute Gasteiger partial charge is 0.123 e. The van der Waals surface area contributed by atoms with E-state index in [9.17, 15) is 0 Å². The van der Waals surface area contributed by atoms with Crippen molar-refractivity contribution in [3.8, 4) is 5.75 Å². The number of nitrogens with one attached hydrogen (secondary N) is 1. The molecule has 1 aliphatic heterocycles. The second-order valence-corrected chi connectivity index (χ2v) is 6.14. The Morgan fingerprint density at radius 2 is 2.10 bits per heavy atom. The quantitative estimate of drug-likeness (QED) is 0.827. The Balaban J connectivity index is 1.48. The number of para-hydroxylation sites is 1. The standard InChI is InChI=1S/C17H26N2O/c1-14-5-4-10-19(14)11-12-20-17-7-3-2-6-15(17)13-18-16-8-9-16/h2-3,6-7,14,16,18H,4-5,8-13H2,1H3. The zero-order chi connectivity index (χ0) is 13.8. The van der Waals surface area contributed by atoms with Crippen LogP contribution in [0.5, 0.6) is 5.75 Å². The van der Waals surface area contributed by atoms with Crippen LogP contribution in [0.15, 0.2) is 24.3 Å². The molecule has 1 N–H and O–H groups in total. The fourth-order valence-electron chi connectivity index (χ4n) is 2.93. The number of likely N-dealkylation sites (tertiary alicyclic amines) is 1. The summed E-state index contributed by atoms with van der Waals surface area (Å²) in [5.41, 5.74) is 1.29. The molecule has 1 unspecified atom stereocenters. The van der Waals surface area contributed by atoms with Crippen LogP contribution >= 0.6 is 0 Å². The molecule has 0 radical (unpaired) electrons. The van der Waals surface area contributed by atoms with Crippen LogP contribution in [0, 0.1) is 0 Å². The molecule has 2 aliphatic rings. The van der Waals surface area contributed by atoms with Crippen molar-refractivity contribution in [2.75, 3.05) is 19.7 Å². The van der Waals surface area contributed by atoms with Gasteiger partial charge in [-0.25, -0.2) is 0 Å². The van der Waals surface area contributed by atoms with Crippen LogP contribution in [-0.4, -0.2) is 36.7 Å². The Bertz CT molecular complexity index is 431. The molecule has 0 aromatic heterocycles. The molecular weight excluding hydrogens is 248 g/mol. The zero-order valence-corrected chi connectivity index (χ0v) is 12.5. The molecule has 1 aromatic carbocycles. The Labute approximate surface area is 122 Å². The highest BCUT2D eigenvalue weighted by atomic mass is 16.5. The van der Waals surface area contributed by atoms with Gasteiger partial charge in [0.1, 0.15) is 12.4 Å². The lowest BCUT2D eigenvalue weighted by Crippen LogP contribution is -2.31. The van der Waals surface area contributed by atoms with Gasteiger partial charge in [0.25, 0.3) is 0 Å². The molecule has 1 saturated heterocycles. The van der Waals surface area contributed by atoms with Gasteiger partial charge in [-0.05, 0) is 45.2 Å². The van der Waals surface area contributed by atoms with Gasteiger partial charge in [0, 0.05) is 30.7 Å². The van der Waals surface area contributed by atoms with Gasteiger partial charge in [-0.1, -0.05) is 18.2 Å². The van der Waals surface area contributed by atoms with Crippen LogP contribution in [0.2, 0.25) is 0 Å². The summed E-state index contributed by atoms with van der Waals surface area (Å²) in [6.07, 6.45) is 5.33. The van der Waals surface area contributed by atoms with E-state index in [0.29, 0.717) is 0 Å². The first-order chi connectivity index (χ1) is 9.83. The number of ether oxygens (including phenoxy) is 1. The number of hydrogen-bond acceptors (Lipinski definition) is 3. The number of nitrogens with zero attached hydrogens (tertiary/aromatic N) is 1. The lowest BCUT2D eigenvalue weighted by molar-refractivity contribution is 0.203. The summed E-state index contributed by atoms with van der Waals surface area (Å²) < 4.78 is 6.02. The molecule has 0 bridgehead atoms. The third kappa shape index (κ3) is 3.74. The number of rotatable bonds is 7. The predicted molar refractivity (Wildman–Crippen MR) is 82.1 cm³/mol. The van der Waals surface area contributed by atoms with Gasteiger partial charge < -0.3 is 10.1 Å². The lowest BCUT2D eigenvalue weighted by Gasteiger charge is -2.21. The molecule has 20 heavy (non-hydrogen) atoms. The minimum Gasteiger partial charge on any atom is -0.492 e. The van der Waals surface area contributed by atoms with Crippen molar-refractivity contribution in [1.29, 1.82) is 0 Å². The summed E-state index contributed by atoms with van der Waals surface area (Å²) in [6.45, 7) is 6.33. The molecule has 1 heterocycles. The van der Waals surface area contributed by atoms with Crippen molar-refractivity contribution in [1.82, 2.24) is 10.2 Å². The monoisotopic (exact) mass is 274 g/mol. The Morgan fingerprint density at radius 3 is 2.85 bits per heavy atom. The Morgan fingerprint density at radius 1 is 1.25 bits per heavy atom. The summed E-state index contributed by atoms with van der Waals surface area (Å²) in [4.78, 5) is 2.53. The fourth-order valence-corrected chi connectivity index (χ4v) is 2.93. The Hall–Kier alpha value is -1.06. The molecule has 3 nitrogen and oxygen atoms in total. The normalized spacial score (nSPS) is 23.1. The van der Waals surface area contributed by atoms with Gasteiger partial charge in [0.15, 0.2) is 0 Å². The van der Waals surface area contributed by atoms with Gasteiger partial charge in [-0.2, -0.15) is 0 Å². The first-order valence-electron chi connectivity index (χ1n) is 8.01. The van der Waals surface area contributed by atoms with E-state index < -0.39 is 0 Å². The summed E-state index contributed by atoms with van der Waals surface area (Å²) in [7, 11) is 0. The van der Waals surface area contributed by atoms with Gasteiger partial charge in [0.05, 0.1) is 0 Å². The summed E-state index contributed by atoms with van der Waals surface area (Å²) >= 11 is 0. The summed E-state index contributed by atoms with van der Waals surface area (Å²) in [6, 6.07) is 9.90. The molecule has 1 atom stereocenters. The van der Waals surface area contributed by atoms with E-state index >= 15 is 0 Å². The van der Waals surface area contributed by atoms with Crippen molar-refractivity contribution in [3.05, 3.63) is 29.8 Å². The van der Waals surface area contributed by atoms with E-state index in [0.717, 1.165) is 37.5 Å². The van der Waals surface area contributed by atoms with Gasteiger partial charge in [0.2, 0.25) is 0 Å². The summed E-state index contributed by atoms with van der Waals surface area (Å²) in [5, 5.41) is 3.56. The van der Waals surface area contributed by atoms with E-state index in [2.05, 4.69) is 41.4 Å². The van der Waals surface area contributed by atoms with Crippen LogP contribution in [0.4, 0.5) is 0 Å². The van der Waals surface area contributed by atoms with Crippen LogP contribution in [0.3, 0.4) is 0 Å². The third-order valence-electron chi connectivity index (χ3n) is 4.46. The van der Waals surface area contributed by atoms with Crippen molar-refractivity contribution < 1.29 is 4.74 Å². The second kappa shape index (κ2) is 6.59. The van der Waals surface area contributed by atoms with Crippen LogP contribution in [0.25, 0.3) is 0 Å². The highest BCUT2D eigenvalue weighted by Crippen LogP contribution is 2.23. The SMILES string of the molecule is CC1CCCN1CCOc1ccccc1CNC1CC1. The molecule has 3 rings (SSSR count). The topological polar surface area (TPSA) is 24.5 Å². The van der Waals surface area contributed by atoms with Gasteiger partial charge >= 0.3 is 0 Å². The predicted octanol–water partition coefficient (Wildman–Crippen LogP) is 2.80. The molecule has 3 heteroatoms. The molecule has 1 aliphatic carbocycles. The Kier molecular flexibility index (Phi) is 4.58. The van der Waals surface area contributed by atoms with E-state index in [4.69, 9.17) is 4.74 Å². The van der Waals surface area contributed by atoms with E-state index in [1.54, 1.807) is 0 Å². The maximum atomic E-state index is 6.02. The molecule has 0 amide bonds. The first kappa shape index (κ1) is 13.9. The maximum Gasteiger partial charge on any atom is 0.123 e. The van der Waals surface area contributed by atoms with Crippen LogP contribution < -0.4 is 10.1 Å². The molecule has 2 fully saturated rings. The van der Waals surface area contributed by atoms with E-state index in [1.165, 1.54) is 37.8 Å². The molecule has 1 aromatic rings. The lowest BCUT2D eigenvalue weighted by atomic mass is 10.2. The zero-order valence-electron chi connectivity index (χ0n) is 12.5. The molecular formula is C17H26N2O. The first-order valence-corrected chi connectivity index (χ1v) is 8.01. The van der Waals surface area contributed by atoms with Crippen LogP contribution in [0.1, 0.15) is 38.2 Å². The summed E-state index contributed by atoms with van der Waals surface area (Å²) in [5.74, 6) is 1.05. The third-order valence-corrected chi connectivity index (χ3v) is 4.46. The highest BCUT2D eigenvalue weighted by molar-refractivity contribution is 5.33. The average Bonchev–Trinajstić information content (AvgIpc) is 3.21. The largest absolute Gasteiger partial charge is 0.492 e. The van der Waals surface area contributed by atoms with Crippen LogP contribution in [-0.2, 0) is 6.54 Å². The second-order valence-electron chi connectivity index (χ2n) is 6.14. The van der Waals surface area contributed by atoms with Gasteiger partial charge in [-0.15, -0.1) is 0 Å². The number of benzene rings is 1. The average molecular weight is 274 g/mol. The molecule has 110 valence electrons. The van der Waals surface area contributed by atoms with E-state index in [1.807, 2.05) is 0 Å². The minimum absolute atomic E-state index is 0.727. The molecule has 0 spiro atoms. The van der Waals surface area contributed by atoms with Crippen molar-refractivity contribution >= 4 is 0 Å². The van der Waals surface area contributed by atoms with Crippen molar-refractivity contribution in [2.24, 2.45) is 0 Å². The van der Waals surface area contributed by atoms with E-state index in [-0.39, 0.29) is 0 Å². The highest BCUT2D eigenvalue weighted by Gasteiger charge is 2.21. The molecule has 1 saturated carbocycles.